The summed E-state index contributed by atoms with van der Waals surface area (Å²) in [6, 6.07) is 12.0. The maximum atomic E-state index is 4.55. The molecule has 132 valence electrons. The SMILES string of the molecule is CC.CC.Cc1ccc(C)c(Nc2nccc(-c3cccnc3)n2)c1. The lowest BCUT2D eigenvalue weighted by atomic mass is 10.1. The fourth-order valence-corrected chi connectivity index (χ4v) is 2.08. The van der Waals surface area contributed by atoms with Crippen molar-refractivity contribution in [1.82, 2.24) is 15.0 Å². The van der Waals surface area contributed by atoms with Crippen LogP contribution < -0.4 is 5.32 Å². The van der Waals surface area contributed by atoms with Gasteiger partial charge in [-0.3, -0.25) is 4.98 Å². The van der Waals surface area contributed by atoms with Gasteiger partial charge in [0.1, 0.15) is 0 Å². The predicted molar refractivity (Wildman–Crippen MR) is 107 cm³/mol. The van der Waals surface area contributed by atoms with Crippen LogP contribution in [0.1, 0.15) is 38.8 Å². The minimum Gasteiger partial charge on any atom is -0.324 e. The van der Waals surface area contributed by atoms with Crippen LogP contribution in [0.2, 0.25) is 0 Å². The maximum Gasteiger partial charge on any atom is 0.227 e. The molecule has 0 aliphatic carbocycles. The lowest BCUT2D eigenvalue weighted by molar-refractivity contribution is 1.16. The molecule has 0 radical (unpaired) electrons. The molecule has 4 heteroatoms. The van der Waals surface area contributed by atoms with Gasteiger partial charge in [0, 0.05) is 29.8 Å². The average Bonchev–Trinajstić information content (AvgIpc) is 2.69. The highest BCUT2D eigenvalue weighted by atomic mass is 15.1. The number of hydrogen-bond donors (Lipinski definition) is 1. The Morgan fingerprint density at radius 3 is 2.32 bits per heavy atom. The van der Waals surface area contributed by atoms with Gasteiger partial charge in [-0.25, -0.2) is 9.97 Å². The van der Waals surface area contributed by atoms with Crippen LogP contribution in [0, 0.1) is 13.8 Å². The van der Waals surface area contributed by atoms with Gasteiger partial charge in [0.2, 0.25) is 5.95 Å². The van der Waals surface area contributed by atoms with Crippen LogP contribution in [0.15, 0.2) is 55.0 Å². The average molecular weight is 336 g/mol. The number of hydrogen-bond acceptors (Lipinski definition) is 4. The quantitative estimate of drug-likeness (QED) is 0.642. The van der Waals surface area contributed by atoms with Gasteiger partial charge in [0.05, 0.1) is 5.69 Å². The van der Waals surface area contributed by atoms with E-state index in [1.807, 2.05) is 45.9 Å². The monoisotopic (exact) mass is 336 g/mol. The second-order valence-corrected chi connectivity index (χ2v) is 4.95. The van der Waals surface area contributed by atoms with E-state index in [1.165, 1.54) is 5.56 Å². The second kappa shape index (κ2) is 10.9. The predicted octanol–water partition coefficient (Wildman–Crippen LogP) is 5.95. The molecule has 0 saturated heterocycles. The molecule has 0 unspecified atom stereocenters. The molecule has 0 spiro atoms. The summed E-state index contributed by atoms with van der Waals surface area (Å²) in [5, 5.41) is 3.28. The van der Waals surface area contributed by atoms with E-state index in [2.05, 4.69) is 52.3 Å². The largest absolute Gasteiger partial charge is 0.324 e. The van der Waals surface area contributed by atoms with Gasteiger partial charge in [-0.2, -0.15) is 0 Å². The van der Waals surface area contributed by atoms with E-state index in [4.69, 9.17) is 0 Å². The van der Waals surface area contributed by atoms with E-state index in [0.717, 1.165) is 22.5 Å². The molecule has 4 nitrogen and oxygen atoms in total. The number of nitrogens with one attached hydrogen (secondary N) is 1. The van der Waals surface area contributed by atoms with Crippen LogP contribution in [0.4, 0.5) is 11.6 Å². The minimum absolute atomic E-state index is 0.588. The summed E-state index contributed by atoms with van der Waals surface area (Å²) >= 11 is 0. The van der Waals surface area contributed by atoms with Crippen LogP contribution in [0.5, 0.6) is 0 Å². The van der Waals surface area contributed by atoms with E-state index < -0.39 is 0 Å². The Morgan fingerprint density at radius 1 is 0.880 bits per heavy atom. The van der Waals surface area contributed by atoms with Gasteiger partial charge < -0.3 is 5.32 Å². The minimum atomic E-state index is 0.588. The summed E-state index contributed by atoms with van der Waals surface area (Å²) in [7, 11) is 0. The highest BCUT2D eigenvalue weighted by molar-refractivity contribution is 5.63. The first-order valence-corrected chi connectivity index (χ1v) is 8.80. The Balaban J connectivity index is 0.000000730. The summed E-state index contributed by atoms with van der Waals surface area (Å²) in [6.07, 6.45) is 5.30. The molecule has 0 aliphatic heterocycles. The van der Waals surface area contributed by atoms with Crippen LogP contribution in [-0.2, 0) is 0 Å². The summed E-state index contributed by atoms with van der Waals surface area (Å²) in [6.45, 7) is 12.1. The summed E-state index contributed by atoms with van der Waals surface area (Å²) in [4.78, 5) is 13.0. The highest BCUT2D eigenvalue weighted by Crippen LogP contribution is 2.21. The molecule has 0 amide bonds. The summed E-state index contributed by atoms with van der Waals surface area (Å²) in [5.41, 5.74) is 5.22. The smallest absolute Gasteiger partial charge is 0.227 e. The normalized spacial score (nSPS) is 9.20. The topological polar surface area (TPSA) is 50.7 Å². The highest BCUT2D eigenvalue weighted by Gasteiger charge is 2.04. The van der Waals surface area contributed by atoms with Crippen LogP contribution >= 0.6 is 0 Å². The lowest BCUT2D eigenvalue weighted by Crippen LogP contribution is -1.99. The van der Waals surface area contributed by atoms with Crippen molar-refractivity contribution in [3.05, 3.63) is 66.1 Å². The molecule has 2 heterocycles. The third-order valence-corrected chi connectivity index (χ3v) is 3.25. The zero-order valence-electron chi connectivity index (χ0n) is 16.0. The number of aromatic nitrogens is 3. The number of rotatable bonds is 3. The van der Waals surface area contributed by atoms with Crippen molar-refractivity contribution >= 4 is 11.6 Å². The lowest BCUT2D eigenvalue weighted by Gasteiger charge is -2.10. The van der Waals surface area contributed by atoms with Crippen molar-refractivity contribution in [2.45, 2.75) is 41.5 Å². The zero-order valence-corrected chi connectivity index (χ0v) is 16.0. The van der Waals surface area contributed by atoms with Crippen molar-refractivity contribution < 1.29 is 0 Å². The van der Waals surface area contributed by atoms with Crippen LogP contribution in [0.3, 0.4) is 0 Å². The number of pyridine rings is 1. The Kier molecular flexibility index (Phi) is 8.86. The van der Waals surface area contributed by atoms with E-state index in [9.17, 15) is 0 Å². The van der Waals surface area contributed by atoms with Crippen LogP contribution in [-0.4, -0.2) is 15.0 Å². The molecular formula is C21H28N4. The number of anilines is 2. The van der Waals surface area contributed by atoms with Gasteiger partial charge in [0.25, 0.3) is 0 Å². The third kappa shape index (κ3) is 5.99. The van der Waals surface area contributed by atoms with E-state index in [0.29, 0.717) is 5.95 Å². The first-order chi connectivity index (χ1) is 12.2. The van der Waals surface area contributed by atoms with Crippen molar-refractivity contribution in [3.8, 4) is 11.3 Å². The van der Waals surface area contributed by atoms with Gasteiger partial charge in [-0.05, 0) is 49.2 Å². The standard InChI is InChI=1S/C17H16N4.2C2H6/c1-12-5-6-13(2)16(10-12)21-17-19-9-7-15(20-17)14-4-3-8-18-11-14;2*1-2/h3-11H,1-2H3,(H,19,20,21);2*1-2H3. The molecule has 1 N–H and O–H groups in total. The van der Waals surface area contributed by atoms with E-state index in [1.54, 1.807) is 18.6 Å². The molecule has 25 heavy (non-hydrogen) atoms. The Labute approximate surface area is 151 Å². The van der Waals surface area contributed by atoms with E-state index in [-0.39, 0.29) is 0 Å². The molecule has 0 atom stereocenters. The van der Waals surface area contributed by atoms with Crippen molar-refractivity contribution in [2.24, 2.45) is 0 Å². The fraction of sp³-hybridized carbons (Fsp3) is 0.286. The zero-order chi connectivity index (χ0) is 18.7. The molecule has 3 aromatic rings. The molecule has 0 fully saturated rings. The van der Waals surface area contributed by atoms with Crippen molar-refractivity contribution in [3.63, 3.8) is 0 Å². The second-order valence-electron chi connectivity index (χ2n) is 4.95. The Bertz CT molecular complexity index is 755. The molecule has 0 saturated carbocycles. The van der Waals surface area contributed by atoms with Crippen molar-refractivity contribution in [1.29, 1.82) is 0 Å². The van der Waals surface area contributed by atoms with Gasteiger partial charge in [-0.15, -0.1) is 0 Å². The number of nitrogens with zero attached hydrogens (tertiary/aromatic N) is 3. The summed E-state index contributed by atoms with van der Waals surface area (Å²) < 4.78 is 0. The Hall–Kier alpha value is -2.75. The first kappa shape index (κ1) is 20.3. The molecule has 2 aromatic heterocycles. The number of benzene rings is 1. The molecule has 0 bridgehead atoms. The fourth-order valence-electron chi connectivity index (χ4n) is 2.08. The van der Waals surface area contributed by atoms with Crippen LogP contribution in [0.25, 0.3) is 11.3 Å². The van der Waals surface area contributed by atoms with Crippen molar-refractivity contribution in [2.75, 3.05) is 5.32 Å². The molecule has 3 rings (SSSR count). The maximum absolute atomic E-state index is 4.55. The van der Waals surface area contributed by atoms with E-state index >= 15 is 0 Å². The third-order valence-electron chi connectivity index (χ3n) is 3.25. The Morgan fingerprint density at radius 2 is 1.64 bits per heavy atom. The molecule has 0 aliphatic rings. The molecular weight excluding hydrogens is 308 g/mol. The summed E-state index contributed by atoms with van der Waals surface area (Å²) in [5.74, 6) is 0.588. The van der Waals surface area contributed by atoms with Gasteiger partial charge >= 0.3 is 0 Å². The van der Waals surface area contributed by atoms with Gasteiger partial charge in [0.15, 0.2) is 0 Å². The number of aryl methyl sites for hydroxylation is 2. The van der Waals surface area contributed by atoms with Gasteiger partial charge in [-0.1, -0.05) is 39.8 Å². The first-order valence-electron chi connectivity index (χ1n) is 8.80. The molecule has 1 aromatic carbocycles.